The third kappa shape index (κ3) is 3.61. The summed E-state index contributed by atoms with van der Waals surface area (Å²) >= 11 is 1.67. The Morgan fingerprint density at radius 1 is 1.45 bits per heavy atom. The molecule has 2 aromatic heterocycles. The van der Waals surface area contributed by atoms with E-state index in [1.165, 1.54) is 5.56 Å². The van der Waals surface area contributed by atoms with Gasteiger partial charge in [-0.25, -0.2) is 4.98 Å². The molecule has 20 heavy (non-hydrogen) atoms. The van der Waals surface area contributed by atoms with Crippen LogP contribution in [0.25, 0.3) is 0 Å². The monoisotopic (exact) mass is 290 g/mol. The minimum Gasteiger partial charge on any atom is -0.310 e. The van der Waals surface area contributed by atoms with E-state index >= 15 is 0 Å². The van der Waals surface area contributed by atoms with Gasteiger partial charge < -0.3 is 5.32 Å². The van der Waals surface area contributed by atoms with Crippen LogP contribution in [0, 0.1) is 6.92 Å². The molecular formula is C15H22N4S. The summed E-state index contributed by atoms with van der Waals surface area (Å²) in [6.45, 7) is 7.39. The Bertz CT molecular complexity index is 565. The number of hydrogen-bond acceptors (Lipinski definition) is 4. The first-order valence-corrected chi connectivity index (χ1v) is 7.80. The summed E-state index contributed by atoms with van der Waals surface area (Å²) in [4.78, 5) is 4.54. The maximum atomic E-state index is 4.54. The number of pyridine rings is 1. The Balaban J connectivity index is 2.21. The van der Waals surface area contributed by atoms with Crippen molar-refractivity contribution in [2.45, 2.75) is 43.3 Å². The zero-order valence-electron chi connectivity index (χ0n) is 12.6. The molecule has 0 fully saturated rings. The SMILES string of the molecule is CCCNC(C)c1cccnc1Sc1cc(C)nn1C. The standard InChI is InChI=1S/C15H22N4S/c1-5-8-16-12(3)13-7-6-9-17-15(13)20-14-10-11(2)18-19(14)4/h6-7,9-10,12,16H,5,8H2,1-4H3. The van der Waals surface area contributed by atoms with Gasteiger partial charge in [0.25, 0.3) is 0 Å². The fourth-order valence-corrected chi connectivity index (χ4v) is 3.15. The van der Waals surface area contributed by atoms with Gasteiger partial charge in [-0.1, -0.05) is 24.8 Å². The van der Waals surface area contributed by atoms with E-state index in [1.807, 2.05) is 30.9 Å². The van der Waals surface area contributed by atoms with Crippen LogP contribution in [0.5, 0.6) is 0 Å². The van der Waals surface area contributed by atoms with Crippen LogP contribution in [0.1, 0.15) is 37.6 Å². The minimum atomic E-state index is 0.306. The van der Waals surface area contributed by atoms with Crippen LogP contribution in [0.2, 0.25) is 0 Å². The maximum absolute atomic E-state index is 4.54. The predicted molar refractivity (Wildman–Crippen MR) is 83.0 cm³/mol. The van der Waals surface area contributed by atoms with Gasteiger partial charge in [0.1, 0.15) is 10.1 Å². The molecule has 0 saturated carbocycles. The van der Waals surface area contributed by atoms with Crippen LogP contribution in [0.15, 0.2) is 34.4 Å². The van der Waals surface area contributed by atoms with E-state index in [9.17, 15) is 0 Å². The van der Waals surface area contributed by atoms with Crippen molar-refractivity contribution >= 4 is 11.8 Å². The smallest absolute Gasteiger partial charge is 0.107 e. The van der Waals surface area contributed by atoms with Crippen LogP contribution < -0.4 is 5.32 Å². The van der Waals surface area contributed by atoms with Gasteiger partial charge in [-0.05, 0) is 38.9 Å². The average Bonchev–Trinajstić information content (AvgIpc) is 2.75. The first kappa shape index (κ1) is 15.1. The Morgan fingerprint density at radius 3 is 2.90 bits per heavy atom. The molecule has 0 bridgehead atoms. The van der Waals surface area contributed by atoms with Crippen molar-refractivity contribution in [2.75, 3.05) is 6.54 Å². The second kappa shape index (κ2) is 6.90. The fourth-order valence-electron chi connectivity index (χ4n) is 2.07. The number of rotatable bonds is 6. The van der Waals surface area contributed by atoms with E-state index in [0.29, 0.717) is 6.04 Å². The van der Waals surface area contributed by atoms with Crippen LogP contribution >= 0.6 is 11.8 Å². The molecule has 0 saturated heterocycles. The Labute approximate surface area is 125 Å². The van der Waals surface area contributed by atoms with Crippen molar-refractivity contribution in [1.29, 1.82) is 0 Å². The highest BCUT2D eigenvalue weighted by Gasteiger charge is 2.13. The lowest BCUT2D eigenvalue weighted by atomic mass is 10.1. The van der Waals surface area contributed by atoms with E-state index in [0.717, 1.165) is 28.7 Å². The molecule has 4 nitrogen and oxygen atoms in total. The number of aryl methyl sites for hydroxylation is 2. The molecule has 5 heteroatoms. The third-order valence-electron chi connectivity index (χ3n) is 3.13. The number of hydrogen-bond donors (Lipinski definition) is 1. The van der Waals surface area contributed by atoms with Crippen molar-refractivity contribution in [3.63, 3.8) is 0 Å². The topological polar surface area (TPSA) is 42.7 Å². The molecule has 1 atom stereocenters. The van der Waals surface area contributed by atoms with Gasteiger partial charge in [0.15, 0.2) is 0 Å². The summed E-state index contributed by atoms with van der Waals surface area (Å²) in [7, 11) is 1.97. The minimum absolute atomic E-state index is 0.306. The van der Waals surface area contributed by atoms with Gasteiger partial charge in [-0.2, -0.15) is 5.10 Å². The van der Waals surface area contributed by atoms with E-state index < -0.39 is 0 Å². The molecule has 108 valence electrons. The summed E-state index contributed by atoms with van der Waals surface area (Å²) in [5.41, 5.74) is 2.27. The second-order valence-corrected chi connectivity index (χ2v) is 5.93. The molecule has 1 N–H and O–H groups in total. The van der Waals surface area contributed by atoms with E-state index in [-0.39, 0.29) is 0 Å². The Hall–Kier alpha value is -1.33. The van der Waals surface area contributed by atoms with Crippen molar-refractivity contribution < 1.29 is 0 Å². The van der Waals surface area contributed by atoms with Crippen molar-refractivity contribution in [3.05, 3.63) is 35.7 Å². The predicted octanol–water partition coefficient (Wildman–Crippen LogP) is 3.34. The zero-order valence-corrected chi connectivity index (χ0v) is 13.4. The first-order chi connectivity index (χ1) is 9.61. The van der Waals surface area contributed by atoms with E-state index in [4.69, 9.17) is 0 Å². The first-order valence-electron chi connectivity index (χ1n) is 6.98. The Kier molecular flexibility index (Phi) is 5.20. The lowest BCUT2D eigenvalue weighted by Crippen LogP contribution is -2.20. The molecule has 0 amide bonds. The number of aromatic nitrogens is 3. The second-order valence-electron chi connectivity index (χ2n) is 4.92. The fraction of sp³-hybridized carbons (Fsp3) is 0.467. The Morgan fingerprint density at radius 2 is 2.25 bits per heavy atom. The van der Waals surface area contributed by atoms with Gasteiger partial charge >= 0.3 is 0 Å². The van der Waals surface area contributed by atoms with Gasteiger partial charge in [0.05, 0.1) is 5.69 Å². The van der Waals surface area contributed by atoms with Crippen molar-refractivity contribution in [3.8, 4) is 0 Å². The van der Waals surface area contributed by atoms with Gasteiger partial charge in [-0.15, -0.1) is 0 Å². The summed E-state index contributed by atoms with van der Waals surface area (Å²) in [5, 5.41) is 10.1. The molecule has 0 spiro atoms. The lowest BCUT2D eigenvalue weighted by Gasteiger charge is -2.16. The molecule has 0 aromatic carbocycles. The largest absolute Gasteiger partial charge is 0.310 e. The normalized spacial score (nSPS) is 12.6. The van der Waals surface area contributed by atoms with Crippen LogP contribution in [0.3, 0.4) is 0 Å². The molecule has 0 radical (unpaired) electrons. The van der Waals surface area contributed by atoms with E-state index in [2.05, 4.69) is 41.4 Å². The number of nitrogens with zero attached hydrogens (tertiary/aromatic N) is 3. The quantitative estimate of drug-likeness (QED) is 0.886. The highest BCUT2D eigenvalue weighted by atomic mass is 32.2. The van der Waals surface area contributed by atoms with Gasteiger partial charge in [0, 0.05) is 24.8 Å². The van der Waals surface area contributed by atoms with Crippen LogP contribution in [-0.2, 0) is 7.05 Å². The molecule has 2 rings (SSSR count). The number of nitrogens with one attached hydrogen (secondary N) is 1. The van der Waals surface area contributed by atoms with Crippen LogP contribution in [0.4, 0.5) is 0 Å². The van der Waals surface area contributed by atoms with E-state index in [1.54, 1.807) is 11.8 Å². The maximum Gasteiger partial charge on any atom is 0.107 e. The lowest BCUT2D eigenvalue weighted by molar-refractivity contribution is 0.560. The molecule has 2 aromatic rings. The summed E-state index contributed by atoms with van der Waals surface area (Å²) in [6, 6.07) is 6.54. The molecule has 2 heterocycles. The molecule has 1 unspecified atom stereocenters. The third-order valence-corrected chi connectivity index (χ3v) is 4.25. The average molecular weight is 290 g/mol. The van der Waals surface area contributed by atoms with Gasteiger partial charge in [0.2, 0.25) is 0 Å². The summed E-state index contributed by atoms with van der Waals surface area (Å²) < 4.78 is 1.91. The molecule has 0 aliphatic heterocycles. The highest BCUT2D eigenvalue weighted by molar-refractivity contribution is 7.99. The van der Waals surface area contributed by atoms with Crippen molar-refractivity contribution in [2.24, 2.45) is 7.05 Å². The zero-order chi connectivity index (χ0) is 14.5. The van der Waals surface area contributed by atoms with Crippen LogP contribution in [-0.4, -0.2) is 21.3 Å². The highest BCUT2D eigenvalue weighted by Crippen LogP contribution is 2.31. The molecular weight excluding hydrogens is 268 g/mol. The molecule has 0 aliphatic rings. The molecule has 0 aliphatic carbocycles. The summed E-state index contributed by atoms with van der Waals surface area (Å²) in [5.74, 6) is 0. The van der Waals surface area contributed by atoms with Crippen molar-refractivity contribution in [1.82, 2.24) is 20.1 Å². The van der Waals surface area contributed by atoms with Gasteiger partial charge in [-0.3, -0.25) is 4.68 Å². The summed E-state index contributed by atoms with van der Waals surface area (Å²) in [6.07, 6.45) is 2.98.